The maximum Gasteiger partial charge on any atom is 0.414 e. The summed E-state index contributed by atoms with van der Waals surface area (Å²) in [6.07, 6.45) is 7.81. The molecule has 2 aliphatic carbocycles. The highest BCUT2D eigenvalue weighted by Gasteiger charge is 2.37. The molecule has 1 aliphatic heterocycles. The summed E-state index contributed by atoms with van der Waals surface area (Å²) in [6, 6.07) is 5.77. The molecule has 0 radical (unpaired) electrons. The van der Waals surface area contributed by atoms with Gasteiger partial charge < -0.3 is 19.8 Å². The molecule has 3 aliphatic rings. The van der Waals surface area contributed by atoms with Gasteiger partial charge in [0.1, 0.15) is 0 Å². The highest BCUT2D eigenvalue weighted by atomic mass is 16.6. The molecule has 3 amide bonds. The van der Waals surface area contributed by atoms with Crippen molar-refractivity contribution in [3.63, 3.8) is 0 Å². The van der Waals surface area contributed by atoms with Gasteiger partial charge in [0.05, 0.1) is 43.7 Å². The summed E-state index contributed by atoms with van der Waals surface area (Å²) in [5, 5.41) is 0. The van der Waals surface area contributed by atoms with Gasteiger partial charge in [0, 0.05) is 24.4 Å². The molecule has 10 nitrogen and oxygen atoms in total. The van der Waals surface area contributed by atoms with Gasteiger partial charge in [-0.25, -0.2) is 15.0 Å². The van der Waals surface area contributed by atoms with Crippen molar-refractivity contribution < 1.29 is 23.9 Å². The number of methoxy groups -OCH3 is 1. The van der Waals surface area contributed by atoms with Crippen molar-refractivity contribution in [1.29, 1.82) is 0 Å². The van der Waals surface area contributed by atoms with Crippen LogP contribution in [-0.2, 0) is 14.3 Å². The Labute approximate surface area is 224 Å². The van der Waals surface area contributed by atoms with E-state index in [1.54, 1.807) is 14.7 Å². The van der Waals surface area contributed by atoms with E-state index < -0.39 is 12.2 Å². The van der Waals surface area contributed by atoms with Gasteiger partial charge in [-0.15, -0.1) is 0 Å². The number of fused-ring (bicyclic) bond motifs is 1. The molecule has 1 aromatic carbocycles. The zero-order chi connectivity index (χ0) is 27.4. The van der Waals surface area contributed by atoms with E-state index in [1.807, 2.05) is 46.0 Å². The van der Waals surface area contributed by atoms with Crippen molar-refractivity contribution in [2.45, 2.75) is 71.1 Å². The Morgan fingerprint density at radius 2 is 1.92 bits per heavy atom. The Morgan fingerprint density at radius 3 is 2.61 bits per heavy atom. The quantitative estimate of drug-likeness (QED) is 0.515. The molecule has 206 valence electrons. The second-order valence-corrected chi connectivity index (χ2v) is 10.3. The lowest BCUT2D eigenvalue weighted by Gasteiger charge is -2.40. The molecule has 2 N–H and O–H groups in total. The lowest BCUT2D eigenvalue weighted by molar-refractivity contribution is -0.129. The van der Waals surface area contributed by atoms with Crippen LogP contribution >= 0.6 is 0 Å². The fraction of sp³-hybridized carbons (Fsp3) is 0.536. The van der Waals surface area contributed by atoms with Gasteiger partial charge in [-0.05, 0) is 70.6 Å². The fourth-order valence-corrected chi connectivity index (χ4v) is 4.86. The third kappa shape index (κ3) is 6.12. The minimum absolute atomic E-state index is 0.0522. The molecule has 4 rings (SSSR count). The molecule has 0 saturated heterocycles. The number of likely N-dealkylation sites (N-methyl/N-ethyl adjacent to an activating group) is 1. The number of rotatable bonds is 7. The molecule has 1 atom stereocenters. The second-order valence-electron chi connectivity index (χ2n) is 10.3. The molecule has 0 spiro atoms. The van der Waals surface area contributed by atoms with Crippen molar-refractivity contribution in [3.05, 3.63) is 41.6 Å². The predicted octanol–water partition coefficient (Wildman–Crippen LogP) is 4.18. The van der Waals surface area contributed by atoms with Crippen LogP contribution in [0.5, 0.6) is 0 Å². The number of ether oxygens (including phenoxy) is 2. The van der Waals surface area contributed by atoms with Crippen LogP contribution in [0.25, 0.3) is 5.57 Å². The average Bonchev–Trinajstić information content (AvgIpc) is 3.74. The Balaban J connectivity index is 1.66. The monoisotopic (exact) mass is 525 g/mol. The smallest absolute Gasteiger partial charge is 0.414 e. The molecule has 0 unspecified atom stereocenters. The van der Waals surface area contributed by atoms with E-state index in [0.717, 1.165) is 48.9 Å². The summed E-state index contributed by atoms with van der Waals surface area (Å²) in [7, 11) is 3.20. The van der Waals surface area contributed by atoms with Gasteiger partial charge in [-0.1, -0.05) is 18.2 Å². The Morgan fingerprint density at radius 1 is 1.16 bits per heavy atom. The topological polar surface area (TPSA) is 103 Å². The number of hydrazine groups is 1. The standard InChI is InChI=1S/C28H39N5O5/c1-18(2)38-27(35)32-17-19(3)33(28(36)37-5)24-14-11-20(15-25(24)32)22-9-7-6-8-10-23(22)30-29-16-26(34)31(4)21-12-13-21/h7,9,11,14-15,18-19,21,29-30H,6,8,10,12-13,16-17H2,1-5H3/t19-/m0/s1. The number of nitrogens with one attached hydrogen (secondary N) is 2. The highest BCUT2D eigenvalue weighted by molar-refractivity contribution is 6.01. The zero-order valence-corrected chi connectivity index (χ0v) is 23.0. The molecular weight excluding hydrogens is 486 g/mol. The lowest BCUT2D eigenvalue weighted by Crippen LogP contribution is -2.52. The Hall–Kier alpha value is -3.53. The zero-order valence-electron chi connectivity index (χ0n) is 23.0. The first-order chi connectivity index (χ1) is 18.2. The first-order valence-electron chi connectivity index (χ1n) is 13.3. The molecule has 1 aromatic rings. The lowest BCUT2D eigenvalue weighted by atomic mass is 9.99. The third-order valence-electron chi connectivity index (χ3n) is 7.03. The van der Waals surface area contributed by atoms with E-state index in [-0.39, 0.29) is 31.1 Å². The molecule has 0 aromatic heterocycles. The van der Waals surface area contributed by atoms with Gasteiger partial charge in [-0.3, -0.25) is 14.6 Å². The summed E-state index contributed by atoms with van der Waals surface area (Å²) in [5.74, 6) is 0.0522. The first-order valence-corrected chi connectivity index (χ1v) is 13.3. The number of anilines is 2. The van der Waals surface area contributed by atoms with Crippen LogP contribution in [0, 0.1) is 0 Å². The SMILES string of the molecule is COC(=O)N1c2ccc(C3=C(NNCC(=O)N(C)C4CC4)CCCC=C3)cc2N(C(=O)OC(C)C)C[C@@H]1C. The summed E-state index contributed by atoms with van der Waals surface area (Å²) in [4.78, 5) is 43.1. The number of nitrogens with zero attached hydrogens (tertiary/aromatic N) is 3. The van der Waals surface area contributed by atoms with Crippen molar-refractivity contribution >= 4 is 35.0 Å². The highest BCUT2D eigenvalue weighted by Crippen LogP contribution is 2.39. The molecule has 10 heteroatoms. The molecule has 1 heterocycles. The van der Waals surface area contributed by atoms with E-state index in [9.17, 15) is 14.4 Å². The minimum atomic E-state index is -0.482. The van der Waals surface area contributed by atoms with Crippen LogP contribution in [0.3, 0.4) is 0 Å². The van der Waals surface area contributed by atoms with Crippen molar-refractivity contribution in [2.75, 3.05) is 37.0 Å². The summed E-state index contributed by atoms with van der Waals surface area (Å²) < 4.78 is 10.6. The summed E-state index contributed by atoms with van der Waals surface area (Å²) in [5.41, 5.74) is 10.4. The van der Waals surface area contributed by atoms with Crippen LogP contribution in [-0.4, -0.2) is 68.4 Å². The average molecular weight is 526 g/mol. The van der Waals surface area contributed by atoms with Gasteiger partial charge in [0.15, 0.2) is 0 Å². The number of hydrogen-bond acceptors (Lipinski definition) is 7. The summed E-state index contributed by atoms with van der Waals surface area (Å²) in [6.45, 7) is 5.95. The van der Waals surface area contributed by atoms with Gasteiger partial charge in [0.2, 0.25) is 5.91 Å². The molecule has 38 heavy (non-hydrogen) atoms. The van der Waals surface area contributed by atoms with E-state index >= 15 is 0 Å². The Bertz CT molecular complexity index is 1130. The number of amides is 3. The van der Waals surface area contributed by atoms with Crippen molar-refractivity contribution in [1.82, 2.24) is 15.8 Å². The fourth-order valence-electron chi connectivity index (χ4n) is 4.86. The number of hydrogen-bond donors (Lipinski definition) is 2. The Kier molecular flexibility index (Phi) is 8.61. The molecule has 0 bridgehead atoms. The normalized spacial score (nSPS) is 19.2. The first kappa shape index (κ1) is 27.5. The number of allylic oxidation sites excluding steroid dienone is 4. The van der Waals surface area contributed by atoms with Crippen molar-refractivity contribution in [3.8, 4) is 0 Å². The van der Waals surface area contributed by atoms with Crippen LogP contribution in [0.2, 0.25) is 0 Å². The minimum Gasteiger partial charge on any atom is -0.452 e. The summed E-state index contributed by atoms with van der Waals surface area (Å²) >= 11 is 0. The molecular formula is C28H39N5O5. The number of carbonyl (C=O) groups is 3. The van der Waals surface area contributed by atoms with Gasteiger partial charge in [0.25, 0.3) is 0 Å². The molecule has 1 saturated carbocycles. The van der Waals surface area contributed by atoms with Crippen LogP contribution < -0.4 is 20.7 Å². The maximum atomic E-state index is 13.1. The van der Waals surface area contributed by atoms with E-state index in [1.165, 1.54) is 7.11 Å². The van der Waals surface area contributed by atoms with E-state index in [2.05, 4.69) is 23.0 Å². The van der Waals surface area contributed by atoms with E-state index in [4.69, 9.17) is 9.47 Å². The van der Waals surface area contributed by atoms with E-state index in [0.29, 0.717) is 17.4 Å². The number of carbonyl (C=O) groups excluding carboxylic acids is 3. The second kappa shape index (κ2) is 11.9. The number of benzene rings is 1. The van der Waals surface area contributed by atoms with Gasteiger partial charge in [-0.2, -0.15) is 0 Å². The van der Waals surface area contributed by atoms with Crippen molar-refractivity contribution in [2.24, 2.45) is 0 Å². The van der Waals surface area contributed by atoms with Crippen LogP contribution in [0.15, 0.2) is 36.0 Å². The van der Waals surface area contributed by atoms with Crippen LogP contribution in [0.1, 0.15) is 58.4 Å². The third-order valence-corrected chi connectivity index (χ3v) is 7.03. The maximum absolute atomic E-state index is 13.1. The molecule has 1 fully saturated rings. The predicted molar refractivity (Wildman–Crippen MR) is 147 cm³/mol. The van der Waals surface area contributed by atoms with Gasteiger partial charge >= 0.3 is 12.2 Å². The largest absolute Gasteiger partial charge is 0.452 e. The van der Waals surface area contributed by atoms with Crippen LogP contribution in [0.4, 0.5) is 21.0 Å².